The van der Waals surface area contributed by atoms with Gasteiger partial charge >= 0.3 is 0 Å². The lowest BCUT2D eigenvalue weighted by atomic mass is 9.97. The van der Waals surface area contributed by atoms with Crippen LogP contribution in [0.1, 0.15) is 29.4 Å². The molecule has 2 aromatic carbocycles. The van der Waals surface area contributed by atoms with Gasteiger partial charge in [-0.3, -0.25) is 4.79 Å². The Kier molecular flexibility index (Phi) is 5.64. The van der Waals surface area contributed by atoms with E-state index in [1.807, 2.05) is 49.7 Å². The van der Waals surface area contributed by atoms with Gasteiger partial charge in [-0.25, -0.2) is 13.6 Å². The van der Waals surface area contributed by atoms with E-state index in [1.165, 1.54) is 12.1 Å². The first-order chi connectivity index (χ1) is 13.7. The van der Waals surface area contributed by atoms with Crippen LogP contribution in [0.2, 0.25) is 0 Å². The molecule has 3 rings (SSSR count). The molecule has 3 aromatic rings. The van der Waals surface area contributed by atoms with Crippen molar-refractivity contribution in [3.8, 4) is 28.1 Å². The zero-order chi connectivity index (χ0) is 21.3. The summed E-state index contributed by atoms with van der Waals surface area (Å²) in [5.74, 6) is 0.769. The van der Waals surface area contributed by atoms with Gasteiger partial charge in [0.25, 0.3) is 0 Å². The SMILES string of the molecule is CCC(=O)c1c(-c2ccc(S(N)(=O)=O)cc2)c(C)c(-c2ccc(OC)cc2)n1C. The first-order valence-electron chi connectivity index (χ1n) is 9.19. The molecular weight excluding hydrogens is 388 g/mol. The van der Waals surface area contributed by atoms with E-state index in [0.717, 1.165) is 33.7 Å². The number of hydrogen-bond acceptors (Lipinski definition) is 4. The number of sulfonamides is 1. The molecule has 0 fully saturated rings. The van der Waals surface area contributed by atoms with E-state index in [4.69, 9.17) is 9.88 Å². The molecule has 0 amide bonds. The van der Waals surface area contributed by atoms with Gasteiger partial charge in [-0.05, 0) is 60.0 Å². The topological polar surface area (TPSA) is 91.4 Å². The molecule has 0 aliphatic carbocycles. The summed E-state index contributed by atoms with van der Waals surface area (Å²) in [6.45, 7) is 3.79. The summed E-state index contributed by atoms with van der Waals surface area (Å²) in [4.78, 5) is 12.8. The van der Waals surface area contributed by atoms with Gasteiger partial charge in [-0.15, -0.1) is 0 Å². The average Bonchev–Trinajstić information content (AvgIpc) is 2.97. The lowest BCUT2D eigenvalue weighted by Gasteiger charge is -2.09. The van der Waals surface area contributed by atoms with Crippen LogP contribution in [0.4, 0.5) is 0 Å². The third-order valence-corrected chi connectivity index (χ3v) is 5.99. The van der Waals surface area contributed by atoms with Gasteiger partial charge in [-0.2, -0.15) is 0 Å². The zero-order valence-electron chi connectivity index (χ0n) is 16.9. The molecule has 6 nitrogen and oxygen atoms in total. The standard InChI is InChI=1S/C22H24N2O4S/c1-5-19(25)22-20(15-8-12-18(13-9-15)29(23,26)27)14(2)21(24(22)3)16-6-10-17(28-4)11-7-16/h6-13H,5H2,1-4H3,(H2,23,26,27). The predicted octanol–water partition coefficient (Wildman–Crippen LogP) is 3.92. The number of carbonyl (C=O) groups is 1. The number of rotatable bonds is 6. The van der Waals surface area contributed by atoms with Gasteiger partial charge in [0.1, 0.15) is 5.75 Å². The first-order valence-corrected chi connectivity index (χ1v) is 10.7. The Labute approximate surface area is 171 Å². The van der Waals surface area contributed by atoms with Crippen molar-refractivity contribution < 1.29 is 17.9 Å². The van der Waals surface area contributed by atoms with E-state index >= 15 is 0 Å². The summed E-state index contributed by atoms with van der Waals surface area (Å²) >= 11 is 0. The van der Waals surface area contributed by atoms with Crippen molar-refractivity contribution in [3.63, 3.8) is 0 Å². The van der Waals surface area contributed by atoms with Gasteiger partial charge < -0.3 is 9.30 Å². The molecule has 0 saturated carbocycles. The van der Waals surface area contributed by atoms with Crippen molar-refractivity contribution in [2.24, 2.45) is 12.2 Å². The van der Waals surface area contributed by atoms with Crippen molar-refractivity contribution in [2.75, 3.05) is 7.11 Å². The number of primary sulfonamides is 1. The molecule has 0 spiro atoms. The van der Waals surface area contributed by atoms with Crippen molar-refractivity contribution in [2.45, 2.75) is 25.2 Å². The van der Waals surface area contributed by atoms with Crippen molar-refractivity contribution in [3.05, 3.63) is 59.8 Å². The van der Waals surface area contributed by atoms with Crippen LogP contribution in [0.5, 0.6) is 5.75 Å². The van der Waals surface area contributed by atoms with Crippen LogP contribution >= 0.6 is 0 Å². The average molecular weight is 413 g/mol. The van der Waals surface area contributed by atoms with Crippen LogP contribution in [0, 0.1) is 6.92 Å². The van der Waals surface area contributed by atoms with Crippen LogP contribution in [0.15, 0.2) is 53.4 Å². The van der Waals surface area contributed by atoms with E-state index < -0.39 is 10.0 Å². The highest BCUT2D eigenvalue weighted by Crippen LogP contribution is 2.38. The molecule has 0 bridgehead atoms. The monoisotopic (exact) mass is 412 g/mol. The second-order valence-electron chi connectivity index (χ2n) is 6.83. The third kappa shape index (κ3) is 3.83. The maximum Gasteiger partial charge on any atom is 0.238 e. The molecule has 29 heavy (non-hydrogen) atoms. The minimum Gasteiger partial charge on any atom is -0.497 e. The summed E-state index contributed by atoms with van der Waals surface area (Å²) < 4.78 is 30.3. The summed E-state index contributed by atoms with van der Waals surface area (Å²) in [5, 5.41) is 5.21. The first kappa shape index (κ1) is 20.8. The lowest BCUT2D eigenvalue weighted by Crippen LogP contribution is -2.11. The quantitative estimate of drug-likeness (QED) is 0.621. The molecular formula is C22H24N2O4S. The van der Waals surface area contributed by atoms with Crippen molar-refractivity contribution in [1.29, 1.82) is 0 Å². The highest BCUT2D eigenvalue weighted by molar-refractivity contribution is 7.89. The second kappa shape index (κ2) is 7.85. The van der Waals surface area contributed by atoms with Gasteiger partial charge in [0.05, 0.1) is 23.4 Å². The normalized spacial score (nSPS) is 11.5. The number of ketones is 1. The highest BCUT2D eigenvalue weighted by Gasteiger charge is 2.24. The van der Waals surface area contributed by atoms with Crippen LogP contribution in [0.3, 0.4) is 0 Å². The number of carbonyl (C=O) groups excluding carboxylic acids is 1. The number of ether oxygens (including phenoxy) is 1. The molecule has 0 saturated heterocycles. The molecule has 1 aromatic heterocycles. The van der Waals surface area contributed by atoms with Crippen molar-refractivity contribution >= 4 is 15.8 Å². The minimum atomic E-state index is -3.78. The molecule has 0 unspecified atom stereocenters. The fraction of sp³-hybridized carbons (Fsp3) is 0.227. The minimum absolute atomic E-state index is 0.0147. The molecule has 7 heteroatoms. The fourth-order valence-electron chi connectivity index (χ4n) is 3.64. The van der Waals surface area contributed by atoms with E-state index in [1.54, 1.807) is 19.2 Å². The molecule has 0 aliphatic rings. The Bertz CT molecular complexity index is 1160. The molecule has 0 radical (unpaired) electrons. The summed E-state index contributed by atoms with van der Waals surface area (Å²) in [6, 6.07) is 14.0. The van der Waals surface area contributed by atoms with Crippen LogP contribution < -0.4 is 9.88 Å². The number of methoxy groups -OCH3 is 1. The largest absolute Gasteiger partial charge is 0.497 e. The Hall–Kier alpha value is -2.90. The third-order valence-electron chi connectivity index (χ3n) is 5.06. The van der Waals surface area contributed by atoms with Gasteiger partial charge in [-0.1, -0.05) is 19.1 Å². The summed E-state index contributed by atoms with van der Waals surface area (Å²) in [7, 11) is -0.292. The van der Waals surface area contributed by atoms with Gasteiger partial charge in [0.15, 0.2) is 5.78 Å². The highest BCUT2D eigenvalue weighted by atomic mass is 32.2. The maximum atomic E-state index is 12.8. The van der Waals surface area contributed by atoms with Crippen LogP contribution in [-0.2, 0) is 17.1 Å². The van der Waals surface area contributed by atoms with Gasteiger partial charge in [0, 0.05) is 19.0 Å². The van der Waals surface area contributed by atoms with E-state index in [2.05, 4.69) is 0 Å². The molecule has 2 N–H and O–H groups in total. The maximum absolute atomic E-state index is 12.8. The number of nitrogens with zero attached hydrogens (tertiary/aromatic N) is 1. The number of nitrogens with two attached hydrogens (primary N) is 1. The Morgan fingerprint density at radius 1 is 1.03 bits per heavy atom. The van der Waals surface area contributed by atoms with Gasteiger partial charge in [0.2, 0.25) is 10.0 Å². The van der Waals surface area contributed by atoms with E-state index in [-0.39, 0.29) is 10.7 Å². The number of hydrogen-bond donors (Lipinski definition) is 1. The molecule has 0 aliphatic heterocycles. The van der Waals surface area contributed by atoms with Crippen LogP contribution in [0.25, 0.3) is 22.4 Å². The smallest absolute Gasteiger partial charge is 0.238 e. The van der Waals surface area contributed by atoms with Crippen LogP contribution in [-0.4, -0.2) is 25.9 Å². The number of aromatic nitrogens is 1. The van der Waals surface area contributed by atoms with E-state index in [9.17, 15) is 13.2 Å². The number of benzene rings is 2. The summed E-state index contributed by atoms with van der Waals surface area (Å²) in [5.41, 5.74) is 4.99. The summed E-state index contributed by atoms with van der Waals surface area (Å²) in [6.07, 6.45) is 0.363. The second-order valence-corrected chi connectivity index (χ2v) is 8.39. The Balaban J connectivity index is 2.24. The molecule has 1 heterocycles. The lowest BCUT2D eigenvalue weighted by molar-refractivity contribution is 0.0981. The van der Waals surface area contributed by atoms with Crippen molar-refractivity contribution in [1.82, 2.24) is 4.57 Å². The Morgan fingerprint density at radius 2 is 1.59 bits per heavy atom. The molecule has 0 atom stereocenters. The molecule has 152 valence electrons. The number of Topliss-reactive ketones (excluding diaryl/α,β-unsaturated/α-hetero) is 1. The predicted molar refractivity (Wildman–Crippen MR) is 114 cm³/mol. The fourth-order valence-corrected chi connectivity index (χ4v) is 4.16. The van der Waals surface area contributed by atoms with E-state index in [0.29, 0.717) is 12.1 Å². The Morgan fingerprint density at radius 3 is 2.07 bits per heavy atom. The zero-order valence-corrected chi connectivity index (χ0v) is 17.7.